The molecule has 0 bridgehead atoms. The van der Waals surface area contributed by atoms with Gasteiger partial charge in [0.05, 0.1) is 6.10 Å². The molecule has 5 nitrogen and oxygen atoms in total. The van der Waals surface area contributed by atoms with Crippen LogP contribution in [0, 0.1) is 0 Å². The van der Waals surface area contributed by atoms with Gasteiger partial charge in [0.2, 0.25) is 11.6 Å². The highest BCUT2D eigenvalue weighted by atomic mass is 16.8. The van der Waals surface area contributed by atoms with Gasteiger partial charge < -0.3 is 18.9 Å². The van der Waals surface area contributed by atoms with Crippen LogP contribution < -0.4 is 0 Å². The number of ketones is 1. The van der Waals surface area contributed by atoms with E-state index < -0.39 is 17.7 Å². The molecule has 0 saturated carbocycles. The lowest BCUT2D eigenvalue weighted by Gasteiger charge is -2.52. The van der Waals surface area contributed by atoms with Gasteiger partial charge in [0.15, 0.2) is 5.78 Å². The number of rotatable bonds is 2. The lowest BCUT2D eigenvalue weighted by Crippen LogP contribution is -2.66. The van der Waals surface area contributed by atoms with Crippen molar-refractivity contribution in [3.05, 3.63) is 11.6 Å². The fraction of sp³-hybridized carbons (Fsp3) is 0.769. The van der Waals surface area contributed by atoms with Crippen molar-refractivity contribution in [2.45, 2.75) is 51.0 Å². The van der Waals surface area contributed by atoms with E-state index in [4.69, 9.17) is 18.9 Å². The highest BCUT2D eigenvalue weighted by Gasteiger charge is 2.58. The zero-order valence-electron chi connectivity index (χ0n) is 11.5. The summed E-state index contributed by atoms with van der Waals surface area (Å²) in [7, 11) is 3.05. The number of carbonyl (C=O) groups is 1. The van der Waals surface area contributed by atoms with Crippen molar-refractivity contribution in [3.8, 4) is 0 Å². The second kappa shape index (κ2) is 4.42. The summed E-state index contributed by atoms with van der Waals surface area (Å²) < 4.78 is 22.5. The van der Waals surface area contributed by atoms with Crippen LogP contribution in [0.1, 0.15) is 27.2 Å². The third-order valence-electron chi connectivity index (χ3n) is 3.86. The Balaban J connectivity index is 2.33. The van der Waals surface area contributed by atoms with Crippen molar-refractivity contribution >= 4 is 5.78 Å². The highest BCUT2D eigenvalue weighted by Crippen LogP contribution is 2.42. The summed E-state index contributed by atoms with van der Waals surface area (Å²) in [5.41, 5.74) is 0.990. The van der Waals surface area contributed by atoms with Gasteiger partial charge in [-0.05, 0) is 33.3 Å². The monoisotopic (exact) mass is 256 g/mol. The van der Waals surface area contributed by atoms with E-state index in [0.29, 0.717) is 6.42 Å². The van der Waals surface area contributed by atoms with E-state index in [9.17, 15) is 4.79 Å². The maximum Gasteiger partial charge on any atom is 0.221 e. The molecule has 0 N–H and O–H groups in total. The van der Waals surface area contributed by atoms with Crippen molar-refractivity contribution in [2.75, 3.05) is 14.2 Å². The largest absolute Gasteiger partial charge is 0.349 e. The molecule has 0 aromatic heterocycles. The van der Waals surface area contributed by atoms with Crippen LogP contribution in [0.25, 0.3) is 0 Å². The minimum atomic E-state index is -1.11. The van der Waals surface area contributed by atoms with Gasteiger partial charge in [-0.15, -0.1) is 0 Å². The van der Waals surface area contributed by atoms with Crippen molar-refractivity contribution in [3.63, 3.8) is 0 Å². The topological polar surface area (TPSA) is 54.0 Å². The lowest BCUT2D eigenvalue weighted by atomic mass is 9.91. The number of carbonyl (C=O) groups excluding carboxylic acids is 1. The Hall–Kier alpha value is -0.750. The number of ether oxygens (including phenoxy) is 4. The molecule has 2 rings (SSSR count). The summed E-state index contributed by atoms with van der Waals surface area (Å²) in [6, 6.07) is 0. The van der Waals surface area contributed by atoms with E-state index in [1.54, 1.807) is 19.9 Å². The summed E-state index contributed by atoms with van der Waals surface area (Å²) >= 11 is 0. The molecule has 4 atom stereocenters. The van der Waals surface area contributed by atoms with Crippen molar-refractivity contribution in [2.24, 2.45) is 0 Å². The lowest BCUT2D eigenvalue weighted by molar-refractivity contribution is -0.441. The second-order valence-corrected chi connectivity index (χ2v) is 5.09. The predicted octanol–water partition coefficient (Wildman–Crippen LogP) is 1.41. The Bertz CT molecular complexity index is 391. The smallest absolute Gasteiger partial charge is 0.221 e. The van der Waals surface area contributed by atoms with E-state index in [2.05, 4.69) is 0 Å². The summed E-state index contributed by atoms with van der Waals surface area (Å²) in [4.78, 5) is 12.0. The zero-order valence-corrected chi connectivity index (χ0v) is 11.5. The number of hydrogen-bond donors (Lipinski definition) is 0. The molecule has 1 fully saturated rings. The van der Waals surface area contributed by atoms with E-state index in [0.717, 1.165) is 5.57 Å². The number of fused-ring (bicyclic) bond motifs is 1. The van der Waals surface area contributed by atoms with Crippen LogP contribution in [-0.2, 0) is 23.7 Å². The first-order valence-electron chi connectivity index (χ1n) is 6.02. The molecule has 1 aliphatic heterocycles. The molecular weight excluding hydrogens is 236 g/mol. The molecule has 0 amide bonds. The standard InChI is InChI=1S/C13H20O5/c1-8-6-9(14)11-10(7-8)17-12(2,15-4)13(3,16-5)18-11/h6,10-11H,7H2,1-5H3/t10-,11-,12+,13+/m1/s1. The van der Waals surface area contributed by atoms with Crippen LogP contribution in [0.5, 0.6) is 0 Å². The fourth-order valence-corrected chi connectivity index (χ4v) is 2.44. The summed E-state index contributed by atoms with van der Waals surface area (Å²) in [6.07, 6.45) is 1.32. The molecule has 102 valence electrons. The molecule has 5 heteroatoms. The maximum atomic E-state index is 12.0. The molecule has 1 heterocycles. The molecule has 0 unspecified atom stereocenters. The maximum absolute atomic E-state index is 12.0. The van der Waals surface area contributed by atoms with Gasteiger partial charge in [-0.3, -0.25) is 4.79 Å². The van der Waals surface area contributed by atoms with Gasteiger partial charge in [0.1, 0.15) is 6.10 Å². The minimum absolute atomic E-state index is 0.0785. The van der Waals surface area contributed by atoms with Crippen LogP contribution in [0.15, 0.2) is 11.6 Å². The van der Waals surface area contributed by atoms with Gasteiger partial charge in [0.25, 0.3) is 0 Å². The van der Waals surface area contributed by atoms with Crippen molar-refractivity contribution in [1.82, 2.24) is 0 Å². The van der Waals surface area contributed by atoms with Gasteiger partial charge >= 0.3 is 0 Å². The normalized spacial score (nSPS) is 44.5. The first kappa shape index (κ1) is 13.7. The molecular formula is C13H20O5. The van der Waals surface area contributed by atoms with Gasteiger partial charge in [-0.1, -0.05) is 5.57 Å². The molecule has 1 saturated heterocycles. The van der Waals surface area contributed by atoms with Crippen LogP contribution in [0.2, 0.25) is 0 Å². The molecule has 18 heavy (non-hydrogen) atoms. The summed E-state index contributed by atoms with van der Waals surface area (Å²) in [6.45, 7) is 5.38. The van der Waals surface area contributed by atoms with Crippen LogP contribution in [0.3, 0.4) is 0 Å². The summed E-state index contributed by atoms with van der Waals surface area (Å²) in [5, 5.41) is 0. The van der Waals surface area contributed by atoms with E-state index in [-0.39, 0.29) is 11.9 Å². The average Bonchev–Trinajstić information content (AvgIpc) is 2.32. The Morgan fingerprint density at radius 1 is 1.22 bits per heavy atom. The van der Waals surface area contributed by atoms with Crippen molar-refractivity contribution < 1.29 is 23.7 Å². The van der Waals surface area contributed by atoms with E-state index in [1.165, 1.54) is 14.2 Å². The fourth-order valence-electron chi connectivity index (χ4n) is 2.44. The second-order valence-electron chi connectivity index (χ2n) is 5.09. The Kier molecular flexibility index (Phi) is 3.36. The Morgan fingerprint density at radius 3 is 2.33 bits per heavy atom. The Labute approximate surface area is 107 Å². The molecule has 1 aliphatic carbocycles. The van der Waals surface area contributed by atoms with Crippen molar-refractivity contribution in [1.29, 1.82) is 0 Å². The highest BCUT2D eigenvalue weighted by molar-refractivity contribution is 5.95. The van der Waals surface area contributed by atoms with Gasteiger partial charge in [-0.2, -0.15) is 0 Å². The SMILES string of the molecule is CO[C@@]1(C)O[C@@H]2C(=O)C=C(C)C[C@H]2O[C@]1(C)OC. The van der Waals surface area contributed by atoms with Crippen LogP contribution in [0.4, 0.5) is 0 Å². The molecule has 2 aliphatic rings. The van der Waals surface area contributed by atoms with E-state index >= 15 is 0 Å². The first-order chi connectivity index (χ1) is 8.35. The number of hydrogen-bond acceptors (Lipinski definition) is 5. The first-order valence-corrected chi connectivity index (χ1v) is 6.02. The van der Waals surface area contributed by atoms with Crippen LogP contribution >= 0.6 is 0 Å². The Morgan fingerprint density at radius 2 is 1.78 bits per heavy atom. The van der Waals surface area contributed by atoms with Gasteiger partial charge in [0, 0.05) is 14.2 Å². The average molecular weight is 256 g/mol. The molecule has 0 aromatic carbocycles. The minimum Gasteiger partial charge on any atom is -0.349 e. The predicted molar refractivity (Wildman–Crippen MR) is 64.0 cm³/mol. The molecule has 0 radical (unpaired) electrons. The summed E-state index contributed by atoms with van der Waals surface area (Å²) in [5.74, 6) is -2.23. The molecule has 0 aromatic rings. The zero-order chi connectivity index (χ0) is 13.6. The number of methoxy groups -OCH3 is 2. The quantitative estimate of drug-likeness (QED) is 0.747. The third kappa shape index (κ3) is 1.91. The van der Waals surface area contributed by atoms with Gasteiger partial charge in [-0.25, -0.2) is 0 Å². The van der Waals surface area contributed by atoms with E-state index in [1.807, 2.05) is 6.92 Å². The molecule has 0 spiro atoms. The van der Waals surface area contributed by atoms with Crippen LogP contribution in [-0.4, -0.2) is 43.8 Å². The third-order valence-corrected chi connectivity index (χ3v) is 3.86.